The lowest BCUT2D eigenvalue weighted by molar-refractivity contribution is -0.145. The van der Waals surface area contributed by atoms with Crippen molar-refractivity contribution in [2.45, 2.75) is 39.1 Å². The predicted molar refractivity (Wildman–Crippen MR) is 61.4 cm³/mol. The number of rotatable bonds is 7. The van der Waals surface area contributed by atoms with Gasteiger partial charge in [-0.25, -0.2) is 0 Å². The van der Waals surface area contributed by atoms with E-state index in [4.69, 9.17) is 18.9 Å². The second-order valence-corrected chi connectivity index (χ2v) is 4.72. The average Bonchev–Trinajstić information content (AvgIpc) is 2.57. The van der Waals surface area contributed by atoms with Crippen molar-refractivity contribution in [3.05, 3.63) is 0 Å². The highest BCUT2D eigenvalue weighted by molar-refractivity contribution is 4.70. The fraction of sp³-hybridized carbons (Fsp3) is 1.00. The van der Waals surface area contributed by atoms with E-state index in [2.05, 4.69) is 6.92 Å². The van der Waals surface area contributed by atoms with Crippen LogP contribution in [0.25, 0.3) is 0 Å². The fourth-order valence-electron chi connectivity index (χ4n) is 1.73. The van der Waals surface area contributed by atoms with Crippen LogP contribution in [0.15, 0.2) is 0 Å². The largest absolute Gasteiger partial charge is 0.384 e. The molecule has 1 aliphatic rings. The minimum atomic E-state index is -0.454. The Morgan fingerprint density at radius 2 is 2.12 bits per heavy atom. The molecule has 4 heteroatoms. The van der Waals surface area contributed by atoms with Crippen molar-refractivity contribution < 1.29 is 18.9 Å². The Labute approximate surface area is 98.2 Å². The summed E-state index contributed by atoms with van der Waals surface area (Å²) in [5, 5.41) is 0. The van der Waals surface area contributed by atoms with Crippen LogP contribution in [-0.4, -0.2) is 45.4 Å². The molecule has 0 radical (unpaired) electrons. The summed E-state index contributed by atoms with van der Waals surface area (Å²) in [6.07, 6.45) is 1.14. The zero-order chi connectivity index (χ0) is 12.0. The van der Waals surface area contributed by atoms with Crippen molar-refractivity contribution in [3.63, 3.8) is 0 Å². The molecule has 0 aromatic rings. The highest BCUT2D eigenvalue weighted by Gasteiger charge is 2.32. The summed E-state index contributed by atoms with van der Waals surface area (Å²) in [4.78, 5) is 0. The summed E-state index contributed by atoms with van der Waals surface area (Å²) in [6.45, 7) is 8.69. The third-order valence-corrected chi connectivity index (χ3v) is 2.70. The maximum absolute atomic E-state index is 5.65. The summed E-state index contributed by atoms with van der Waals surface area (Å²) >= 11 is 0. The molecule has 0 spiro atoms. The molecule has 1 rings (SSSR count). The number of hydrogen-bond acceptors (Lipinski definition) is 4. The predicted octanol–water partition coefficient (Wildman–Crippen LogP) is 1.83. The van der Waals surface area contributed by atoms with Crippen LogP contribution < -0.4 is 0 Å². The molecule has 2 unspecified atom stereocenters. The van der Waals surface area contributed by atoms with Gasteiger partial charge in [0.2, 0.25) is 0 Å². The summed E-state index contributed by atoms with van der Waals surface area (Å²) in [5.74, 6) is 0.0189. The summed E-state index contributed by atoms with van der Waals surface area (Å²) < 4.78 is 21.8. The van der Waals surface area contributed by atoms with Crippen LogP contribution in [0, 0.1) is 5.92 Å². The molecule has 4 nitrogen and oxygen atoms in total. The monoisotopic (exact) mass is 232 g/mol. The topological polar surface area (TPSA) is 36.9 Å². The van der Waals surface area contributed by atoms with Gasteiger partial charge in [-0.3, -0.25) is 0 Å². The third-order valence-electron chi connectivity index (χ3n) is 2.70. The van der Waals surface area contributed by atoms with Gasteiger partial charge in [-0.1, -0.05) is 6.92 Å². The maximum Gasteiger partial charge on any atom is 0.163 e. The lowest BCUT2D eigenvalue weighted by Gasteiger charge is -2.18. The SMILES string of the molecule is CCC(COC)COCC1COC(C)(C)O1. The van der Waals surface area contributed by atoms with Gasteiger partial charge >= 0.3 is 0 Å². The smallest absolute Gasteiger partial charge is 0.163 e. The Bertz CT molecular complexity index is 193. The van der Waals surface area contributed by atoms with Crippen LogP contribution in [0.4, 0.5) is 0 Å². The second-order valence-electron chi connectivity index (χ2n) is 4.72. The Balaban J connectivity index is 2.11. The summed E-state index contributed by atoms with van der Waals surface area (Å²) in [7, 11) is 1.72. The molecular formula is C12H24O4. The Hall–Kier alpha value is -0.160. The van der Waals surface area contributed by atoms with Crippen molar-refractivity contribution in [1.82, 2.24) is 0 Å². The molecule has 96 valence electrons. The molecule has 1 saturated heterocycles. The molecule has 0 bridgehead atoms. The van der Waals surface area contributed by atoms with E-state index in [1.54, 1.807) is 7.11 Å². The summed E-state index contributed by atoms with van der Waals surface area (Å²) in [6, 6.07) is 0. The fourth-order valence-corrected chi connectivity index (χ4v) is 1.73. The Morgan fingerprint density at radius 1 is 1.38 bits per heavy atom. The van der Waals surface area contributed by atoms with Gasteiger partial charge in [-0.05, 0) is 20.3 Å². The van der Waals surface area contributed by atoms with E-state index in [-0.39, 0.29) is 6.10 Å². The van der Waals surface area contributed by atoms with Gasteiger partial charge in [0.15, 0.2) is 5.79 Å². The van der Waals surface area contributed by atoms with Gasteiger partial charge in [0.05, 0.1) is 26.4 Å². The molecule has 2 atom stereocenters. The molecule has 0 aromatic carbocycles. The van der Waals surface area contributed by atoms with E-state index in [0.29, 0.717) is 19.1 Å². The molecule has 1 fully saturated rings. The van der Waals surface area contributed by atoms with Crippen LogP contribution in [0.1, 0.15) is 27.2 Å². The molecule has 0 N–H and O–H groups in total. The average molecular weight is 232 g/mol. The van der Waals surface area contributed by atoms with Gasteiger partial charge < -0.3 is 18.9 Å². The van der Waals surface area contributed by atoms with Gasteiger partial charge in [0.25, 0.3) is 0 Å². The third kappa shape index (κ3) is 4.78. The van der Waals surface area contributed by atoms with Crippen LogP contribution in [0.2, 0.25) is 0 Å². The first kappa shape index (κ1) is 13.9. The van der Waals surface area contributed by atoms with Gasteiger partial charge in [0.1, 0.15) is 6.10 Å². The molecule has 0 saturated carbocycles. The minimum Gasteiger partial charge on any atom is -0.384 e. The van der Waals surface area contributed by atoms with Crippen LogP contribution >= 0.6 is 0 Å². The van der Waals surface area contributed by atoms with E-state index in [9.17, 15) is 0 Å². The molecular weight excluding hydrogens is 208 g/mol. The van der Waals surface area contributed by atoms with E-state index < -0.39 is 5.79 Å². The maximum atomic E-state index is 5.65. The van der Waals surface area contributed by atoms with Gasteiger partial charge in [-0.2, -0.15) is 0 Å². The molecule has 0 aliphatic carbocycles. The van der Waals surface area contributed by atoms with Gasteiger partial charge in [-0.15, -0.1) is 0 Å². The normalized spacial score (nSPS) is 25.9. The van der Waals surface area contributed by atoms with Gasteiger partial charge in [0, 0.05) is 13.0 Å². The van der Waals surface area contributed by atoms with Crippen LogP contribution in [0.5, 0.6) is 0 Å². The van der Waals surface area contributed by atoms with Crippen molar-refractivity contribution in [2.24, 2.45) is 5.92 Å². The van der Waals surface area contributed by atoms with Crippen molar-refractivity contribution in [3.8, 4) is 0 Å². The standard InChI is InChI=1S/C12H24O4/c1-5-10(6-13-4)7-14-8-11-9-15-12(2,3)16-11/h10-11H,5-9H2,1-4H3. The first-order valence-electron chi connectivity index (χ1n) is 5.96. The van der Waals surface area contributed by atoms with Crippen LogP contribution in [0.3, 0.4) is 0 Å². The first-order chi connectivity index (χ1) is 7.57. The number of ether oxygens (including phenoxy) is 4. The van der Waals surface area contributed by atoms with E-state index in [1.165, 1.54) is 0 Å². The molecule has 0 aromatic heterocycles. The Morgan fingerprint density at radius 3 is 2.62 bits per heavy atom. The van der Waals surface area contributed by atoms with Crippen molar-refractivity contribution in [1.29, 1.82) is 0 Å². The van der Waals surface area contributed by atoms with E-state index >= 15 is 0 Å². The molecule has 1 heterocycles. The Kier molecular flexibility index (Phi) is 5.69. The van der Waals surface area contributed by atoms with E-state index in [1.807, 2.05) is 13.8 Å². The summed E-state index contributed by atoms with van der Waals surface area (Å²) in [5.41, 5.74) is 0. The van der Waals surface area contributed by atoms with Crippen molar-refractivity contribution >= 4 is 0 Å². The zero-order valence-corrected chi connectivity index (χ0v) is 10.8. The minimum absolute atomic E-state index is 0.0649. The molecule has 16 heavy (non-hydrogen) atoms. The van der Waals surface area contributed by atoms with Crippen LogP contribution in [-0.2, 0) is 18.9 Å². The molecule has 0 amide bonds. The number of hydrogen-bond donors (Lipinski definition) is 0. The molecule has 1 aliphatic heterocycles. The first-order valence-corrected chi connectivity index (χ1v) is 5.96. The lowest BCUT2D eigenvalue weighted by atomic mass is 10.1. The highest BCUT2D eigenvalue weighted by Crippen LogP contribution is 2.22. The zero-order valence-electron chi connectivity index (χ0n) is 10.8. The van der Waals surface area contributed by atoms with Crippen molar-refractivity contribution in [2.75, 3.05) is 33.5 Å². The lowest BCUT2D eigenvalue weighted by Crippen LogP contribution is -2.25. The number of methoxy groups -OCH3 is 1. The second kappa shape index (κ2) is 6.55. The highest BCUT2D eigenvalue weighted by atomic mass is 16.7. The van der Waals surface area contributed by atoms with E-state index in [0.717, 1.165) is 19.6 Å². The quantitative estimate of drug-likeness (QED) is 0.671.